The van der Waals surface area contributed by atoms with Crippen molar-refractivity contribution in [3.63, 3.8) is 0 Å². The molecule has 8 aromatic rings. The Labute approximate surface area is 353 Å². The maximum atomic E-state index is 5.82. The first kappa shape index (κ1) is 42.1. The zero-order valence-corrected chi connectivity index (χ0v) is 37.1. The second-order valence-corrected chi connectivity index (χ2v) is 16.6. The first-order valence-electron chi connectivity index (χ1n) is 18.7. The fraction of sp³-hybridized carbons (Fsp3) is 0.220. The number of hydrogen-bond donors (Lipinski definition) is 0. The van der Waals surface area contributed by atoms with Gasteiger partial charge in [-0.1, -0.05) is 93.0 Å². The van der Waals surface area contributed by atoms with Crippen LogP contribution in [0.2, 0.25) is 0 Å². The van der Waals surface area contributed by atoms with Crippen LogP contribution < -0.4 is 24.8 Å². The third-order valence-electron chi connectivity index (χ3n) is 10.7. The molecule has 0 aliphatic heterocycles. The molecule has 0 saturated heterocycles. The molecule has 0 radical (unpaired) electrons. The van der Waals surface area contributed by atoms with E-state index < -0.39 is 0 Å². The van der Waals surface area contributed by atoms with Gasteiger partial charge in [0.1, 0.15) is 0 Å². The van der Waals surface area contributed by atoms with E-state index in [0.717, 1.165) is 34.2 Å². The van der Waals surface area contributed by atoms with Crippen molar-refractivity contribution in [2.75, 3.05) is 0 Å². The van der Waals surface area contributed by atoms with Crippen LogP contribution in [0, 0.1) is 55.4 Å². The van der Waals surface area contributed by atoms with Gasteiger partial charge >= 0.3 is 46.7 Å². The fourth-order valence-electron chi connectivity index (χ4n) is 7.21. The molecule has 0 spiro atoms. The van der Waals surface area contributed by atoms with Crippen LogP contribution in [0.5, 0.6) is 0 Å². The van der Waals surface area contributed by atoms with Gasteiger partial charge in [0, 0.05) is 0 Å². The third kappa shape index (κ3) is 9.18. The predicted octanol–water partition coefficient (Wildman–Crippen LogP) is 8.34. The van der Waals surface area contributed by atoms with Crippen LogP contribution in [0.1, 0.15) is 64.2 Å². The van der Waals surface area contributed by atoms with Crippen LogP contribution in [0.15, 0.2) is 118 Å². The number of rotatable bonds is 4. The fourth-order valence-corrected chi connectivity index (χ4v) is 8.08. The summed E-state index contributed by atoms with van der Waals surface area (Å²) in [4.78, 5) is 0. The van der Waals surface area contributed by atoms with E-state index in [-0.39, 0.29) is 24.8 Å². The molecule has 0 atom stereocenters. The van der Waals surface area contributed by atoms with Gasteiger partial charge in [0.05, 0.1) is 23.0 Å². The predicted molar refractivity (Wildman–Crippen MR) is 222 cm³/mol. The van der Waals surface area contributed by atoms with Crippen molar-refractivity contribution in [2.24, 2.45) is 0 Å². The monoisotopic (exact) mass is 840 g/mol. The summed E-state index contributed by atoms with van der Waals surface area (Å²) in [5.74, 6) is 3.77. The van der Waals surface area contributed by atoms with E-state index in [4.69, 9.17) is 8.83 Å². The van der Waals surface area contributed by atoms with Crippen LogP contribution in [-0.4, -0.2) is 3.21 Å². The van der Waals surface area contributed by atoms with E-state index in [0.29, 0.717) is 0 Å². The molecule has 1 aliphatic carbocycles. The summed E-state index contributed by atoms with van der Waals surface area (Å²) in [6, 6.07) is 39.3. The van der Waals surface area contributed by atoms with Crippen molar-refractivity contribution in [2.45, 2.75) is 74.7 Å². The van der Waals surface area contributed by atoms with Crippen LogP contribution >= 0.6 is 0 Å². The molecular weight excluding hydrogens is 795 g/mol. The standard InChI is InChI=1S/2C23H21O.C4H6.2ClH.Zr/c2*1-14-5-8-18(9-6-14)23-17(4)15(2)11-19-12-20(13-21(19)23)22-10-7-16(3)24-22;1-2-4-3-1;;;/h2*5-13H,1-4H3;1-3H2;2*1H;/q2*-1;;;;+2/p-2. The molecule has 1 saturated carbocycles. The Hall–Kier alpha value is -4.01. The molecule has 2 heterocycles. The minimum atomic E-state index is 0. The van der Waals surface area contributed by atoms with E-state index in [1.54, 1.807) is 27.4 Å². The number of benzene rings is 4. The molecule has 55 heavy (non-hydrogen) atoms. The summed E-state index contributed by atoms with van der Waals surface area (Å²) < 4.78 is 13.4. The van der Waals surface area contributed by atoms with Crippen LogP contribution in [0.3, 0.4) is 0 Å². The maximum absolute atomic E-state index is 5.82. The summed E-state index contributed by atoms with van der Waals surface area (Å²) >= 11 is 1.67. The van der Waals surface area contributed by atoms with Gasteiger partial charge < -0.3 is 33.6 Å². The molecule has 0 amide bonds. The Morgan fingerprint density at radius 2 is 0.855 bits per heavy atom. The average molecular weight is 843 g/mol. The third-order valence-corrected chi connectivity index (χ3v) is 12.0. The van der Waals surface area contributed by atoms with Gasteiger partial charge in [-0.2, -0.15) is 0 Å². The molecule has 0 unspecified atom stereocenters. The van der Waals surface area contributed by atoms with Crippen LogP contribution in [0.25, 0.3) is 66.4 Å². The molecule has 2 aromatic heterocycles. The zero-order chi connectivity index (χ0) is 37.4. The Bertz CT molecular complexity index is 2390. The second kappa shape index (κ2) is 17.8. The molecule has 6 aromatic carbocycles. The first-order valence-corrected chi connectivity index (χ1v) is 19.9. The number of furan rings is 2. The normalized spacial score (nSPS) is 11.9. The Kier molecular flexibility index (Phi) is 13.7. The molecule has 0 bridgehead atoms. The van der Waals surface area contributed by atoms with E-state index in [1.165, 1.54) is 96.4 Å². The van der Waals surface area contributed by atoms with Crippen LogP contribution in [0.4, 0.5) is 0 Å². The van der Waals surface area contributed by atoms with E-state index in [1.807, 2.05) is 26.0 Å². The molecule has 5 heteroatoms. The second-order valence-electron chi connectivity index (χ2n) is 14.9. The molecule has 2 nitrogen and oxygen atoms in total. The van der Waals surface area contributed by atoms with Gasteiger partial charge in [0.2, 0.25) is 0 Å². The van der Waals surface area contributed by atoms with Crippen molar-refractivity contribution in [3.8, 4) is 44.9 Å². The molecule has 280 valence electrons. The molecule has 1 aliphatic rings. The summed E-state index contributed by atoms with van der Waals surface area (Å²) in [7, 11) is 0. The van der Waals surface area contributed by atoms with Gasteiger partial charge in [-0.15, -0.1) is 57.9 Å². The van der Waals surface area contributed by atoms with Gasteiger partial charge in [0.25, 0.3) is 0 Å². The van der Waals surface area contributed by atoms with Crippen molar-refractivity contribution < 1.29 is 57.9 Å². The molecule has 1 fully saturated rings. The van der Waals surface area contributed by atoms with Crippen LogP contribution in [-0.2, 0) is 24.2 Å². The van der Waals surface area contributed by atoms with Crippen molar-refractivity contribution >= 4 is 24.8 Å². The Balaban J connectivity index is 0.000000181. The summed E-state index contributed by atoms with van der Waals surface area (Å²) in [5, 5.41) is 5.15. The molecular formula is C50H48Cl2O2Zr-2. The zero-order valence-electron chi connectivity index (χ0n) is 33.1. The minimum absolute atomic E-state index is 0. The Morgan fingerprint density at radius 3 is 1.15 bits per heavy atom. The Morgan fingerprint density at radius 1 is 0.491 bits per heavy atom. The van der Waals surface area contributed by atoms with Crippen molar-refractivity contribution in [1.82, 2.24) is 0 Å². The van der Waals surface area contributed by atoms with Gasteiger partial charge in [-0.05, 0) is 102 Å². The summed E-state index contributed by atoms with van der Waals surface area (Å²) in [6.07, 6.45) is 4.36. The van der Waals surface area contributed by atoms with E-state index in [9.17, 15) is 0 Å². The quantitative estimate of drug-likeness (QED) is 0.167. The summed E-state index contributed by atoms with van der Waals surface area (Å²) in [5.41, 5.74) is 15.4. The first-order chi connectivity index (χ1) is 25.4. The van der Waals surface area contributed by atoms with E-state index >= 15 is 0 Å². The number of fused-ring (bicyclic) bond motifs is 2. The molecule has 9 rings (SSSR count). The average Bonchev–Trinajstić information content (AvgIpc) is 3.94. The van der Waals surface area contributed by atoms with Crippen molar-refractivity contribution in [1.29, 1.82) is 0 Å². The van der Waals surface area contributed by atoms with E-state index in [2.05, 4.69) is 139 Å². The SMILES string of the molecule is Cc1ccc(-c2c(C)c(C)cc3[cH-]c(-c4ccc(C)o4)cc23)cc1.Cc1ccc(-c2c(C)c(C)cc3[cH-]c(-c4ccc(C)o4)cc23)cc1.[Cl-].[Cl-].[Zr+2]=[C]1CCC1. The topological polar surface area (TPSA) is 26.3 Å². The number of hydrogen-bond acceptors (Lipinski definition) is 2. The van der Waals surface area contributed by atoms with Crippen molar-refractivity contribution in [3.05, 3.63) is 154 Å². The number of halogens is 2. The van der Waals surface area contributed by atoms with Gasteiger partial charge in [-0.3, -0.25) is 0 Å². The van der Waals surface area contributed by atoms with Gasteiger partial charge in [0.15, 0.2) is 0 Å². The summed E-state index contributed by atoms with van der Waals surface area (Å²) in [6.45, 7) is 17.0. The molecule has 0 N–H and O–H groups in total. The van der Waals surface area contributed by atoms with Gasteiger partial charge in [-0.25, -0.2) is 0 Å². The number of aryl methyl sites for hydroxylation is 6.